The summed E-state index contributed by atoms with van der Waals surface area (Å²) in [4.78, 5) is 2.50. The minimum atomic E-state index is 0.119. The van der Waals surface area contributed by atoms with Crippen LogP contribution < -0.4 is 5.32 Å². The van der Waals surface area contributed by atoms with Crippen LogP contribution in [0.1, 0.15) is 31.1 Å². The van der Waals surface area contributed by atoms with Crippen molar-refractivity contribution in [3.63, 3.8) is 0 Å². The molecule has 1 N–H and O–H groups in total. The average molecular weight is 282 g/mol. The summed E-state index contributed by atoms with van der Waals surface area (Å²) in [5, 5.41) is 11.9. The van der Waals surface area contributed by atoms with E-state index in [9.17, 15) is 0 Å². The average Bonchev–Trinajstić information content (AvgIpc) is 2.48. The van der Waals surface area contributed by atoms with Gasteiger partial charge in [-0.3, -0.25) is 4.90 Å². The Hall–Kier alpha value is -1.78. The molecule has 1 aliphatic rings. The Morgan fingerprint density at radius 2 is 2.00 bits per heavy atom. The second kappa shape index (κ2) is 5.92. The zero-order chi connectivity index (χ0) is 14.7. The smallest absolute Gasteiger partial charge is 0.0771 e. The van der Waals surface area contributed by atoms with E-state index in [1.807, 2.05) is 12.1 Å². The monoisotopic (exact) mass is 282 g/mol. The van der Waals surface area contributed by atoms with Crippen LogP contribution in [0.3, 0.4) is 0 Å². The summed E-state index contributed by atoms with van der Waals surface area (Å²) in [6.07, 6.45) is 1.72. The van der Waals surface area contributed by atoms with Crippen molar-refractivity contribution in [2.45, 2.75) is 32.0 Å². The predicted molar refractivity (Wildman–Crippen MR) is 83.7 cm³/mol. The fourth-order valence-corrected chi connectivity index (χ4v) is 2.97. The Morgan fingerprint density at radius 1 is 1.19 bits per heavy atom. The van der Waals surface area contributed by atoms with E-state index in [0.717, 1.165) is 25.3 Å². The van der Waals surface area contributed by atoms with Gasteiger partial charge >= 0.3 is 0 Å². The van der Waals surface area contributed by atoms with Crippen LogP contribution in [0, 0.1) is 0 Å². The zero-order valence-electron chi connectivity index (χ0n) is 12.7. The van der Waals surface area contributed by atoms with Crippen molar-refractivity contribution < 1.29 is 0 Å². The van der Waals surface area contributed by atoms with Crippen LogP contribution >= 0.6 is 0 Å². The van der Waals surface area contributed by atoms with Crippen LogP contribution in [-0.4, -0.2) is 33.7 Å². The van der Waals surface area contributed by atoms with E-state index < -0.39 is 0 Å². The van der Waals surface area contributed by atoms with Gasteiger partial charge in [0, 0.05) is 37.4 Å². The molecule has 1 aliphatic heterocycles. The van der Waals surface area contributed by atoms with Crippen LogP contribution in [0.4, 0.5) is 0 Å². The molecular formula is C17H22N4. The molecule has 1 atom stereocenters. The van der Waals surface area contributed by atoms with E-state index in [0.29, 0.717) is 6.04 Å². The topological polar surface area (TPSA) is 41.1 Å². The van der Waals surface area contributed by atoms with Gasteiger partial charge in [0.05, 0.1) is 5.69 Å². The number of hydrogen-bond acceptors (Lipinski definition) is 4. The molecule has 0 amide bonds. The van der Waals surface area contributed by atoms with Crippen molar-refractivity contribution in [2.75, 3.05) is 13.1 Å². The predicted octanol–water partition coefficient (Wildman–Crippen LogP) is 2.40. The summed E-state index contributed by atoms with van der Waals surface area (Å²) in [6.45, 7) is 7.27. The second-order valence-corrected chi connectivity index (χ2v) is 6.31. The molecule has 1 saturated heterocycles. The largest absolute Gasteiger partial charge is 0.309 e. The third-order valence-corrected chi connectivity index (χ3v) is 3.99. The first-order valence-corrected chi connectivity index (χ1v) is 7.45. The molecular weight excluding hydrogens is 260 g/mol. The van der Waals surface area contributed by atoms with Gasteiger partial charge < -0.3 is 5.32 Å². The molecule has 3 rings (SSSR count). The van der Waals surface area contributed by atoms with Gasteiger partial charge in [-0.15, -0.1) is 0 Å². The van der Waals surface area contributed by atoms with Crippen LogP contribution in [0.15, 0.2) is 48.7 Å². The molecule has 4 heteroatoms. The number of nitrogens with zero attached hydrogens (tertiary/aromatic N) is 3. The molecule has 2 heterocycles. The summed E-state index contributed by atoms with van der Waals surface area (Å²) in [7, 11) is 0. The number of aromatic nitrogens is 2. The van der Waals surface area contributed by atoms with E-state index in [1.54, 1.807) is 6.20 Å². The molecule has 1 unspecified atom stereocenters. The van der Waals surface area contributed by atoms with Crippen LogP contribution in [-0.2, 0) is 6.54 Å². The number of hydrogen-bond donors (Lipinski definition) is 1. The lowest BCUT2D eigenvalue weighted by atomic mass is 9.94. The van der Waals surface area contributed by atoms with Crippen LogP contribution in [0.5, 0.6) is 0 Å². The SMILES string of the molecule is CC1(C)CN(Cc2cccnn2)C(c2ccccc2)CN1. The van der Waals surface area contributed by atoms with E-state index >= 15 is 0 Å². The third kappa shape index (κ3) is 3.46. The number of benzene rings is 1. The maximum atomic E-state index is 4.24. The first-order chi connectivity index (χ1) is 10.1. The third-order valence-electron chi connectivity index (χ3n) is 3.99. The summed E-state index contributed by atoms with van der Waals surface area (Å²) in [5.41, 5.74) is 2.49. The Labute approximate surface area is 126 Å². The fraction of sp³-hybridized carbons (Fsp3) is 0.412. The molecule has 0 spiro atoms. The molecule has 110 valence electrons. The Bertz CT molecular complexity index is 568. The highest BCUT2D eigenvalue weighted by Gasteiger charge is 2.33. The maximum absolute atomic E-state index is 4.24. The molecule has 4 nitrogen and oxygen atoms in total. The van der Waals surface area contributed by atoms with Crippen LogP contribution in [0.25, 0.3) is 0 Å². The fourth-order valence-electron chi connectivity index (χ4n) is 2.97. The first-order valence-electron chi connectivity index (χ1n) is 7.45. The molecule has 1 aromatic heterocycles. The summed E-state index contributed by atoms with van der Waals surface area (Å²) >= 11 is 0. The molecule has 21 heavy (non-hydrogen) atoms. The highest BCUT2D eigenvalue weighted by atomic mass is 15.3. The molecule has 0 saturated carbocycles. The zero-order valence-corrected chi connectivity index (χ0v) is 12.7. The lowest BCUT2D eigenvalue weighted by Gasteiger charge is -2.44. The highest BCUT2D eigenvalue weighted by molar-refractivity contribution is 5.21. The Kier molecular flexibility index (Phi) is 3.99. The van der Waals surface area contributed by atoms with Gasteiger partial charge in [-0.2, -0.15) is 10.2 Å². The van der Waals surface area contributed by atoms with Crippen molar-refractivity contribution in [3.8, 4) is 0 Å². The highest BCUT2D eigenvalue weighted by Crippen LogP contribution is 2.28. The molecule has 0 aliphatic carbocycles. The molecule has 0 bridgehead atoms. The van der Waals surface area contributed by atoms with Crippen LogP contribution in [0.2, 0.25) is 0 Å². The van der Waals surface area contributed by atoms with Gasteiger partial charge in [-0.1, -0.05) is 30.3 Å². The van der Waals surface area contributed by atoms with Crippen molar-refractivity contribution in [2.24, 2.45) is 0 Å². The molecule has 1 aromatic carbocycles. The van der Waals surface area contributed by atoms with E-state index in [-0.39, 0.29) is 5.54 Å². The molecule has 1 fully saturated rings. The summed E-state index contributed by atoms with van der Waals surface area (Å²) < 4.78 is 0. The number of piperazine rings is 1. The second-order valence-electron chi connectivity index (χ2n) is 6.31. The Morgan fingerprint density at radius 3 is 2.71 bits per heavy atom. The van der Waals surface area contributed by atoms with E-state index in [2.05, 4.69) is 64.6 Å². The van der Waals surface area contributed by atoms with Crippen molar-refractivity contribution in [3.05, 3.63) is 59.9 Å². The maximum Gasteiger partial charge on any atom is 0.0771 e. The van der Waals surface area contributed by atoms with Gasteiger partial charge in [0.1, 0.15) is 0 Å². The van der Waals surface area contributed by atoms with Crippen molar-refractivity contribution in [1.82, 2.24) is 20.4 Å². The number of rotatable bonds is 3. The van der Waals surface area contributed by atoms with Gasteiger partial charge in [-0.05, 0) is 31.5 Å². The minimum Gasteiger partial charge on any atom is -0.309 e. The standard InChI is InChI=1S/C17H22N4/c1-17(2)13-21(12-15-9-6-10-19-20-15)16(11-18-17)14-7-4-3-5-8-14/h3-10,16,18H,11-13H2,1-2H3. The van der Waals surface area contributed by atoms with Gasteiger partial charge in [0.15, 0.2) is 0 Å². The lowest BCUT2D eigenvalue weighted by Crippen LogP contribution is -2.57. The quantitative estimate of drug-likeness (QED) is 0.938. The van der Waals surface area contributed by atoms with E-state index in [1.165, 1.54) is 5.56 Å². The van der Waals surface area contributed by atoms with Gasteiger partial charge in [0.2, 0.25) is 0 Å². The normalized spacial score (nSPS) is 22.1. The summed E-state index contributed by atoms with van der Waals surface area (Å²) in [5.74, 6) is 0. The van der Waals surface area contributed by atoms with E-state index in [4.69, 9.17) is 0 Å². The molecule has 0 radical (unpaired) electrons. The van der Waals surface area contributed by atoms with Crippen molar-refractivity contribution >= 4 is 0 Å². The number of nitrogens with one attached hydrogen (secondary N) is 1. The van der Waals surface area contributed by atoms with Crippen molar-refractivity contribution in [1.29, 1.82) is 0 Å². The Balaban J connectivity index is 1.84. The summed E-state index contributed by atoms with van der Waals surface area (Å²) in [6, 6.07) is 15.1. The van der Waals surface area contributed by atoms with Gasteiger partial charge in [-0.25, -0.2) is 0 Å². The first kappa shape index (κ1) is 14.2. The van der Waals surface area contributed by atoms with Gasteiger partial charge in [0.25, 0.3) is 0 Å². The minimum absolute atomic E-state index is 0.119. The lowest BCUT2D eigenvalue weighted by molar-refractivity contribution is 0.0865. The molecule has 2 aromatic rings.